The maximum Gasteiger partial charge on any atom is 0.321 e. The summed E-state index contributed by atoms with van der Waals surface area (Å²) in [6, 6.07) is 1.20. The Labute approximate surface area is 136 Å². The normalized spacial score (nSPS) is 25.7. The number of likely N-dealkylation sites (tertiary alicyclic amines) is 1. The minimum atomic E-state index is -1.25. The topological polar surface area (TPSA) is 116 Å². The maximum absolute atomic E-state index is 12.1. The second-order valence-corrected chi connectivity index (χ2v) is 6.44. The van der Waals surface area contributed by atoms with Gasteiger partial charge >= 0.3 is 6.03 Å². The summed E-state index contributed by atoms with van der Waals surface area (Å²) in [6.45, 7) is 0.0463. The third-order valence-electron chi connectivity index (χ3n) is 4.72. The Hall–Kier alpha value is -2.10. The molecule has 1 aliphatic heterocycles. The second kappa shape index (κ2) is 7.44. The Kier molecular flexibility index (Phi) is 5.59. The summed E-state index contributed by atoms with van der Waals surface area (Å²) >= 11 is 0. The van der Waals surface area contributed by atoms with Crippen LogP contribution in [0.5, 0.6) is 0 Å². The molecule has 1 aliphatic carbocycles. The van der Waals surface area contributed by atoms with Crippen molar-refractivity contribution in [3.05, 3.63) is 6.42 Å². The highest BCUT2D eigenvalue weighted by Gasteiger charge is 2.42. The number of nitrogens with one attached hydrogen (secondary N) is 1. The van der Waals surface area contributed by atoms with Crippen LogP contribution in [-0.2, 0) is 9.59 Å². The summed E-state index contributed by atoms with van der Waals surface area (Å²) in [5.74, 6) is -0.318. The van der Waals surface area contributed by atoms with Crippen molar-refractivity contribution in [3.8, 4) is 6.07 Å². The van der Waals surface area contributed by atoms with E-state index in [1.165, 1.54) is 19.3 Å². The Morgan fingerprint density at radius 2 is 2.09 bits per heavy atom. The van der Waals surface area contributed by atoms with Gasteiger partial charge in [-0.25, -0.2) is 4.79 Å². The fourth-order valence-electron chi connectivity index (χ4n) is 3.32. The zero-order valence-electron chi connectivity index (χ0n) is 13.2. The van der Waals surface area contributed by atoms with E-state index < -0.39 is 17.5 Å². The van der Waals surface area contributed by atoms with Gasteiger partial charge in [0, 0.05) is 19.4 Å². The molecule has 0 bridgehead atoms. The van der Waals surface area contributed by atoms with Crippen molar-refractivity contribution in [2.45, 2.75) is 56.9 Å². The average Bonchev–Trinajstić information content (AvgIpc) is 2.53. The molecule has 0 aromatic heterocycles. The van der Waals surface area contributed by atoms with Crippen molar-refractivity contribution >= 4 is 17.8 Å². The van der Waals surface area contributed by atoms with E-state index in [1.807, 2.05) is 6.07 Å². The summed E-state index contributed by atoms with van der Waals surface area (Å²) in [6.07, 6.45) is 8.21. The number of hydrogen-bond acceptors (Lipinski definition) is 4. The summed E-state index contributed by atoms with van der Waals surface area (Å²) < 4.78 is 0. The predicted octanol–water partition coefficient (Wildman–Crippen LogP) is 1.24. The van der Waals surface area contributed by atoms with Crippen LogP contribution in [0.3, 0.4) is 0 Å². The molecular weight excluding hydrogens is 296 g/mol. The van der Waals surface area contributed by atoms with Crippen LogP contribution in [0.1, 0.15) is 51.4 Å². The first kappa shape index (κ1) is 17.3. The number of imide groups is 1. The number of piperidine rings is 1. The van der Waals surface area contributed by atoms with Crippen molar-refractivity contribution in [2.24, 2.45) is 11.7 Å². The second-order valence-electron chi connectivity index (χ2n) is 6.44. The Morgan fingerprint density at radius 1 is 1.39 bits per heavy atom. The van der Waals surface area contributed by atoms with Crippen molar-refractivity contribution < 1.29 is 14.4 Å². The first-order valence-corrected chi connectivity index (χ1v) is 8.12. The SMILES string of the molecule is N#CC1(NC(=O)[CH]CC2CCCCC2)CCN(C(N)=O)C(=O)C1. The van der Waals surface area contributed by atoms with Crippen LogP contribution in [0.2, 0.25) is 0 Å². The Balaban J connectivity index is 1.86. The molecule has 0 aromatic rings. The van der Waals surface area contributed by atoms with Gasteiger partial charge < -0.3 is 11.1 Å². The van der Waals surface area contributed by atoms with Gasteiger partial charge in [0.1, 0.15) is 5.54 Å². The minimum Gasteiger partial charge on any atom is -0.351 e. The highest BCUT2D eigenvalue weighted by atomic mass is 16.2. The number of primary amides is 1. The number of rotatable bonds is 4. The lowest BCUT2D eigenvalue weighted by molar-refractivity contribution is -0.132. The fourth-order valence-corrected chi connectivity index (χ4v) is 3.32. The van der Waals surface area contributed by atoms with E-state index in [1.54, 1.807) is 6.42 Å². The zero-order chi connectivity index (χ0) is 16.9. The Morgan fingerprint density at radius 3 is 2.65 bits per heavy atom. The van der Waals surface area contributed by atoms with Crippen LogP contribution in [0.4, 0.5) is 4.79 Å². The molecule has 3 N–H and O–H groups in total. The molecule has 7 nitrogen and oxygen atoms in total. The van der Waals surface area contributed by atoms with Crippen molar-refractivity contribution in [1.29, 1.82) is 5.26 Å². The molecule has 2 rings (SSSR count). The van der Waals surface area contributed by atoms with E-state index in [0.29, 0.717) is 12.3 Å². The molecule has 1 unspecified atom stereocenters. The minimum absolute atomic E-state index is 0.0463. The lowest BCUT2D eigenvalue weighted by Crippen LogP contribution is -2.58. The molecule has 2 aliphatic rings. The monoisotopic (exact) mass is 319 g/mol. The number of nitrogens with zero attached hydrogens (tertiary/aromatic N) is 2. The van der Waals surface area contributed by atoms with Crippen molar-refractivity contribution in [1.82, 2.24) is 10.2 Å². The molecule has 1 radical (unpaired) electrons. The van der Waals surface area contributed by atoms with Crippen LogP contribution in [0, 0.1) is 23.7 Å². The highest BCUT2D eigenvalue weighted by Crippen LogP contribution is 2.27. The lowest BCUT2D eigenvalue weighted by Gasteiger charge is -2.35. The summed E-state index contributed by atoms with van der Waals surface area (Å²) in [7, 11) is 0. The van der Waals surface area contributed by atoms with E-state index >= 15 is 0 Å². The lowest BCUT2D eigenvalue weighted by atomic mass is 9.85. The number of amides is 4. The Bertz CT molecular complexity index is 522. The largest absolute Gasteiger partial charge is 0.351 e. The first-order valence-electron chi connectivity index (χ1n) is 8.12. The van der Waals surface area contributed by atoms with Crippen LogP contribution >= 0.6 is 0 Å². The third-order valence-corrected chi connectivity index (χ3v) is 4.72. The van der Waals surface area contributed by atoms with E-state index in [0.717, 1.165) is 17.7 Å². The molecule has 1 atom stereocenters. The van der Waals surface area contributed by atoms with Gasteiger partial charge in [-0.1, -0.05) is 32.1 Å². The summed E-state index contributed by atoms with van der Waals surface area (Å²) in [5, 5.41) is 12.0. The molecule has 4 amide bonds. The first-order chi connectivity index (χ1) is 11.0. The van der Waals surface area contributed by atoms with E-state index in [2.05, 4.69) is 5.32 Å². The quantitative estimate of drug-likeness (QED) is 0.810. The summed E-state index contributed by atoms with van der Waals surface area (Å²) in [4.78, 5) is 36.0. The maximum atomic E-state index is 12.1. The molecule has 125 valence electrons. The number of nitrogens with two attached hydrogens (primary N) is 1. The molecule has 2 fully saturated rings. The van der Waals surface area contributed by atoms with Crippen LogP contribution in [-0.4, -0.2) is 34.8 Å². The molecule has 7 heteroatoms. The standard InChI is InChI=1S/C16H23N4O3/c17-11-16(8-9-20(15(18)23)14(22)10-16)19-13(21)7-6-12-4-2-1-3-5-12/h7,12H,1-6,8-10H2,(H2,18,23)(H,19,21). The van der Waals surface area contributed by atoms with Crippen LogP contribution < -0.4 is 11.1 Å². The number of carbonyl (C=O) groups excluding carboxylic acids is 3. The van der Waals surface area contributed by atoms with Gasteiger partial charge in [0.2, 0.25) is 11.8 Å². The van der Waals surface area contributed by atoms with E-state index in [-0.39, 0.29) is 25.3 Å². The van der Waals surface area contributed by atoms with Crippen molar-refractivity contribution in [2.75, 3.05) is 6.54 Å². The van der Waals surface area contributed by atoms with Crippen LogP contribution in [0.15, 0.2) is 0 Å². The number of urea groups is 1. The zero-order valence-corrected chi connectivity index (χ0v) is 13.2. The van der Waals surface area contributed by atoms with Gasteiger partial charge in [-0.2, -0.15) is 5.26 Å². The molecule has 1 saturated heterocycles. The average molecular weight is 319 g/mol. The van der Waals surface area contributed by atoms with Gasteiger partial charge in [-0.15, -0.1) is 0 Å². The van der Waals surface area contributed by atoms with Gasteiger partial charge in [0.15, 0.2) is 0 Å². The molecule has 1 saturated carbocycles. The number of carbonyl (C=O) groups is 3. The molecule has 0 aromatic carbocycles. The summed E-state index contributed by atoms with van der Waals surface area (Å²) in [5.41, 5.74) is 3.86. The van der Waals surface area contributed by atoms with Gasteiger partial charge in [0.05, 0.1) is 12.5 Å². The fraction of sp³-hybridized carbons (Fsp3) is 0.688. The molecular formula is C16H23N4O3. The van der Waals surface area contributed by atoms with E-state index in [4.69, 9.17) is 5.73 Å². The molecule has 0 spiro atoms. The van der Waals surface area contributed by atoms with Crippen molar-refractivity contribution in [3.63, 3.8) is 0 Å². The number of hydrogen-bond donors (Lipinski definition) is 2. The highest BCUT2D eigenvalue weighted by molar-refractivity contribution is 5.96. The van der Waals surface area contributed by atoms with E-state index in [9.17, 15) is 19.6 Å². The third kappa shape index (κ3) is 4.44. The molecule has 23 heavy (non-hydrogen) atoms. The number of nitriles is 1. The van der Waals surface area contributed by atoms with Gasteiger partial charge in [-0.3, -0.25) is 14.5 Å². The van der Waals surface area contributed by atoms with Gasteiger partial charge in [0.25, 0.3) is 0 Å². The molecule has 1 heterocycles. The predicted molar refractivity (Wildman–Crippen MR) is 82.5 cm³/mol. The van der Waals surface area contributed by atoms with Gasteiger partial charge in [-0.05, 0) is 12.3 Å². The van der Waals surface area contributed by atoms with Crippen LogP contribution in [0.25, 0.3) is 0 Å². The smallest absolute Gasteiger partial charge is 0.321 e.